The molecule has 5 heteroatoms. The summed E-state index contributed by atoms with van der Waals surface area (Å²) < 4.78 is 11.1. The Bertz CT molecular complexity index is 585. The van der Waals surface area contributed by atoms with Gasteiger partial charge in [0.2, 0.25) is 0 Å². The van der Waals surface area contributed by atoms with Crippen molar-refractivity contribution in [1.82, 2.24) is 10.1 Å². The summed E-state index contributed by atoms with van der Waals surface area (Å²) in [6.45, 7) is 11.8. The minimum absolute atomic E-state index is 0.0291. The van der Waals surface area contributed by atoms with Crippen LogP contribution in [0.3, 0.4) is 0 Å². The Hall–Kier alpha value is -1.52. The largest absolute Gasteiger partial charge is 0.444 e. The second kappa shape index (κ2) is 5.53. The van der Waals surface area contributed by atoms with Gasteiger partial charge in [0.05, 0.1) is 6.20 Å². The van der Waals surface area contributed by atoms with Crippen LogP contribution >= 0.6 is 0 Å². The quantitative estimate of drug-likeness (QED) is 0.730. The molecule has 0 N–H and O–H groups in total. The number of rotatable bonds is 0. The van der Waals surface area contributed by atoms with Crippen molar-refractivity contribution < 1.29 is 14.1 Å². The molecule has 2 atom stereocenters. The maximum absolute atomic E-state index is 12.4. The van der Waals surface area contributed by atoms with Crippen LogP contribution in [0, 0.1) is 11.8 Å². The Labute approximate surface area is 138 Å². The normalized spacial score (nSPS) is 26.9. The fourth-order valence-electron chi connectivity index (χ4n) is 4.26. The molecule has 2 aliphatic rings. The van der Waals surface area contributed by atoms with Gasteiger partial charge in [0, 0.05) is 24.1 Å². The van der Waals surface area contributed by atoms with Gasteiger partial charge < -0.3 is 14.2 Å². The first-order chi connectivity index (χ1) is 10.7. The van der Waals surface area contributed by atoms with E-state index in [0.717, 1.165) is 38.1 Å². The number of carbonyl (C=O) groups is 1. The zero-order valence-corrected chi connectivity index (χ0v) is 14.9. The molecule has 0 aromatic carbocycles. The fourth-order valence-corrected chi connectivity index (χ4v) is 4.26. The number of fused-ring (bicyclic) bond motifs is 2. The van der Waals surface area contributed by atoms with Crippen molar-refractivity contribution >= 4 is 6.09 Å². The molecule has 0 saturated carbocycles. The molecule has 5 nitrogen and oxygen atoms in total. The number of hydrogen-bond acceptors (Lipinski definition) is 4. The highest BCUT2D eigenvalue weighted by Crippen LogP contribution is 2.47. The van der Waals surface area contributed by atoms with E-state index in [1.165, 1.54) is 5.56 Å². The zero-order chi connectivity index (χ0) is 16.8. The lowest BCUT2D eigenvalue weighted by Crippen LogP contribution is -2.40. The lowest BCUT2D eigenvalue weighted by Gasteiger charge is -2.41. The topological polar surface area (TPSA) is 55.6 Å². The number of aromatic nitrogens is 1. The molecule has 1 aliphatic heterocycles. The van der Waals surface area contributed by atoms with Crippen LogP contribution in [0.4, 0.5) is 4.79 Å². The van der Waals surface area contributed by atoms with E-state index in [1.807, 2.05) is 31.9 Å². The molecule has 0 spiro atoms. The van der Waals surface area contributed by atoms with Gasteiger partial charge in [-0.15, -0.1) is 0 Å². The minimum Gasteiger partial charge on any atom is -0.444 e. The molecule has 1 fully saturated rings. The molecule has 0 bridgehead atoms. The molecule has 1 saturated heterocycles. The van der Waals surface area contributed by atoms with Gasteiger partial charge in [-0.1, -0.05) is 19.0 Å². The van der Waals surface area contributed by atoms with Crippen LogP contribution in [-0.4, -0.2) is 34.8 Å². The first kappa shape index (κ1) is 16.3. The van der Waals surface area contributed by atoms with Crippen molar-refractivity contribution in [3.8, 4) is 0 Å². The van der Waals surface area contributed by atoms with Crippen molar-refractivity contribution in [3.63, 3.8) is 0 Å². The second-order valence-corrected chi connectivity index (χ2v) is 8.52. The van der Waals surface area contributed by atoms with Crippen molar-refractivity contribution in [2.45, 2.75) is 64.9 Å². The van der Waals surface area contributed by atoms with Crippen molar-refractivity contribution in [3.05, 3.63) is 17.5 Å². The molecule has 1 aromatic heterocycles. The lowest BCUT2D eigenvalue weighted by molar-refractivity contribution is 0.0252. The first-order valence-electron chi connectivity index (χ1n) is 8.60. The molecular formula is C18H28N2O3. The summed E-state index contributed by atoms with van der Waals surface area (Å²) in [7, 11) is 0. The molecule has 1 aromatic rings. The lowest BCUT2D eigenvalue weighted by atomic mass is 9.62. The van der Waals surface area contributed by atoms with Crippen LogP contribution in [-0.2, 0) is 16.6 Å². The maximum Gasteiger partial charge on any atom is 0.410 e. The highest BCUT2D eigenvalue weighted by atomic mass is 16.6. The standard InChI is InChI=1S/C18H28N2O3/c1-17(2,3)22-16(21)20-8-6-12-10-13-11-19-23-15(13)18(4,5)14(12)7-9-20/h11-12,14H,6-10H2,1-5H3. The van der Waals surface area contributed by atoms with E-state index in [2.05, 4.69) is 19.0 Å². The maximum atomic E-state index is 12.4. The van der Waals surface area contributed by atoms with E-state index in [0.29, 0.717) is 11.8 Å². The Morgan fingerprint density at radius 3 is 2.74 bits per heavy atom. The van der Waals surface area contributed by atoms with Gasteiger partial charge >= 0.3 is 6.09 Å². The summed E-state index contributed by atoms with van der Waals surface area (Å²) in [5.74, 6) is 2.11. The molecule has 2 heterocycles. The van der Waals surface area contributed by atoms with Gasteiger partial charge in [0.25, 0.3) is 0 Å². The van der Waals surface area contributed by atoms with Gasteiger partial charge in [-0.05, 0) is 51.9 Å². The Morgan fingerprint density at radius 2 is 2.04 bits per heavy atom. The number of likely N-dealkylation sites (tertiary alicyclic amines) is 1. The van der Waals surface area contributed by atoms with Crippen LogP contribution < -0.4 is 0 Å². The molecule has 3 rings (SSSR count). The predicted molar refractivity (Wildman–Crippen MR) is 87.3 cm³/mol. The van der Waals surface area contributed by atoms with Crippen molar-refractivity contribution in [2.75, 3.05) is 13.1 Å². The molecule has 2 unspecified atom stereocenters. The van der Waals surface area contributed by atoms with Crippen molar-refractivity contribution in [1.29, 1.82) is 0 Å². The summed E-state index contributed by atoms with van der Waals surface area (Å²) in [4.78, 5) is 14.3. The van der Waals surface area contributed by atoms with E-state index in [-0.39, 0.29) is 11.5 Å². The van der Waals surface area contributed by atoms with Gasteiger partial charge in [-0.2, -0.15) is 0 Å². The molecule has 1 aliphatic carbocycles. The minimum atomic E-state index is -0.442. The summed E-state index contributed by atoms with van der Waals surface area (Å²) in [5, 5.41) is 4.00. The third-order valence-corrected chi connectivity index (χ3v) is 5.34. The molecule has 128 valence electrons. The van der Waals surface area contributed by atoms with Crippen LogP contribution in [0.2, 0.25) is 0 Å². The van der Waals surface area contributed by atoms with Crippen LogP contribution in [0.15, 0.2) is 10.7 Å². The molecular weight excluding hydrogens is 292 g/mol. The smallest absolute Gasteiger partial charge is 0.410 e. The number of amides is 1. The average molecular weight is 320 g/mol. The molecule has 0 radical (unpaired) electrons. The highest BCUT2D eigenvalue weighted by Gasteiger charge is 2.46. The predicted octanol–water partition coefficient (Wildman–Crippen LogP) is 3.77. The van der Waals surface area contributed by atoms with Crippen LogP contribution in [0.5, 0.6) is 0 Å². The molecule has 1 amide bonds. The number of ether oxygens (including phenoxy) is 1. The van der Waals surface area contributed by atoms with E-state index in [4.69, 9.17) is 9.26 Å². The van der Waals surface area contributed by atoms with E-state index in [9.17, 15) is 4.79 Å². The summed E-state index contributed by atoms with van der Waals surface area (Å²) in [6.07, 6.45) is 4.68. The Kier molecular flexibility index (Phi) is 3.93. The van der Waals surface area contributed by atoms with E-state index in [1.54, 1.807) is 0 Å². The Morgan fingerprint density at radius 1 is 1.35 bits per heavy atom. The van der Waals surface area contributed by atoms with E-state index < -0.39 is 5.60 Å². The Balaban J connectivity index is 1.75. The summed E-state index contributed by atoms with van der Waals surface area (Å²) in [5.41, 5.74) is 0.767. The van der Waals surface area contributed by atoms with Crippen LogP contribution in [0.1, 0.15) is 58.8 Å². The van der Waals surface area contributed by atoms with E-state index >= 15 is 0 Å². The highest BCUT2D eigenvalue weighted by molar-refractivity contribution is 5.68. The van der Waals surface area contributed by atoms with Gasteiger partial charge in [0.15, 0.2) is 0 Å². The monoisotopic (exact) mass is 320 g/mol. The first-order valence-corrected chi connectivity index (χ1v) is 8.60. The summed E-state index contributed by atoms with van der Waals surface area (Å²) >= 11 is 0. The fraction of sp³-hybridized carbons (Fsp3) is 0.778. The summed E-state index contributed by atoms with van der Waals surface area (Å²) in [6, 6.07) is 0. The average Bonchev–Trinajstić information content (AvgIpc) is 2.77. The van der Waals surface area contributed by atoms with Gasteiger partial charge in [-0.3, -0.25) is 0 Å². The van der Waals surface area contributed by atoms with Gasteiger partial charge in [-0.25, -0.2) is 4.79 Å². The van der Waals surface area contributed by atoms with Crippen molar-refractivity contribution in [2.24, 2.45) is 11.8 Å². The number of nitrogens with zero attached hydrogens (tertiary/aromatic N) is 2. The van der Waals surface area contributed by atoms with Crippen LogP contribution in [0.25, 0.3) is 0 Å². The zero-order valence-electron chi connectivity index (χ0n) is 14.9. The molecule has 23 heavy (non-hydrogen) atoms. The second-order valence-electron chi connectivity index (χ2n) is 8.52. The number of hydrogen-bond donors (Lipinski definition) is 0. The van der Waals surface area contributed by atoms with Gasteiger partial charge in [0.1, 0.15) is 11.4 Å². The SMILES string of the molecule is CC(C)(C)OC(=O)N1CCC2Cc3cnoc3C(C)(C)C2CC1. The number of carbonyl (C=O) groups excluding carboxylic acids is 1. The third kappa shape index (κ3) is 3.10. The third-order valence-electron chi connectivity index (χ3n) is 5.34.